The number of benzene rings is 2. The van der Waals surface area contributed by atoms with Crippen LogP contribution in [0.15, 0.2) is 30.3 Å². The van der Waals surface area contributed by atoms with Gasteiger partial charge >= 0.3 is 0 Å². The number of hydrogen-bond donors (Lipinski definition) is 1. The molecule has 0 aromatic heterocycles. The lowest BCUT2D eigenvalue weighted by atomic mass is 10.1. The summed E-state index contributed by atoms with van der Waals surface area (Å²) in [4.78, 5) is 0. The van der Waals surface area contributed by atoms with E-state index < -0.39 is 11.6 Å². The molecular formula is C15H15F2NO. The number of aryl methyl sites for hydroxylation is 1. The van der Waals surface area contributed by atoms with Gasteiger partial charge in [-0.15, -0.1) is 0 Å². The molecule has 0 radical (unpaired) electrons. The SMILES string of the molecule is Cc1ccc(N)c(C)c1OCc1cc(F)ccc1F. The normalized spacial score (nSPS) is 10.5. The van der Waals surface area contributed by atoms with Gasteiger partial charge in [-0.1, -0.05) is 6.07 Å². The third-order valence-electron chi connectivity index (χ3n) is 3.02. The number of hydrogen-bond acceptors (Lipinski definition) is 2. The molecule has 4 heteroatoms. The average molecular weight is 263 g/mol. The second-order valence-corrected chi connectivity index (χ2v) is 4.45. The van der Waals surface area contributed by atoms with E-state index in [0.29, 0.717) is 11.4 Å². The Hall–Kier alpha value is -2.10. The number of ether oxygens (including phenoxy) is 1. The third-order valence-corrected chi connectivity index (χ3v) is 3.02. The Labute approximate surface area is 110 Å². The number of nitrogen functional groups attached to an aromatic ring is 1. The molecule has 2 aromatic carbocycles. The van der Waals surface area contributed by atoms with Crippen LogP contribution in [0, 0.1) is 25.5 Å². The minimum absolute atomic E-state index is 0.0330. The molecule has 0 atom stereocenters. The van der Waals surface area contributed by atoms with Gasteiger partial charge in [0, 0.05) is 16.8 Å². The molecule has 0 fully saturated rings. The highest BCUT2D eigenvalue weighted by Crippen LogP contribution is 2.28. The van der Waals surface area contributed by atoms with Crippen molar-refractivity contribution in [3.63, 3.8) is 0 Å². The fourth-order valence-corrected chi connectivity index (χ4v) is 1.87. The molecule has 19 heavy (non-hydrogen) atoms. The number of nitrogens with two attached hydrogens (primary N) is 1. The molecule has 100 valence electrons. The quantitative estimate of drug-likeness (QED) is 0.856. The molecule has 2 rings (SSSR count). The summed E-state index contributed by atoms with van der Waals surface area (Å²) in [7, 11) is 0. The Kier molecular flexibility index (Phi) is 3.69. The summed E-state index contributed by atoms with van der Waals surface area (Å²) in [6.45, 7) is 3.68. The lowest BCUT2D eigenvalue weighted by Crippen LogP contribution is -2.03. The molecule has 0 amide bonds. The van der Waals surface area contributed by atoms with E-state index in [1.165, 1.54) is 0 Å². The van der Waals surface area contributed by atoms with Crippen LogP contribution in [0.2, 0.25) is 0 Å². The van der Waals surface area contributed by atoms with Crippen LogP contribution in [-0.2, 0) is 6.61 Å². The van der Waals surface area contributed by atoms with Gasteiger partial charge in [0.2, 0.25) is 0 Å². The summed E-state index contributed by atoms with van der Waals surface area (Å²) < 4.78 is 32.1. The van der Waals surface area contributed by atoms with Crippen molar-refractivity contribution in [3.8, 4) is 5.75 Å². The lowest BCUT2D eigenvalue weighted by Gasteiger charge is -2.14. The van der Waals surface area contributed by atoms with Gasteiger partial charge in [0.1, 0.15) is 24.0 Å². The summed E-state index contributed by atoms with van der Waals surface area (Å²) in [5, 5.41) is 0. The zero-order valence-corrected chi connectivity index (χ0v) is 10.8. The molecule has 2 aromatic rings. The molecule has 0 aliphatic rings. The Bertz CT molecular complexity index is 611. The van der Waals surface area contributed by atoms with Crippen molar-refractivity contribution in [3.05, 3.63) is 58.7 Å². The van der Waals surface area contributed by atoms with E-state index >= 15 is 0 Å². The molecule has 0 bridgehead atoms. The average Bonchev–Trinajstić information content (AvgIpc) is 2.38. The molecule has 0 saturated carbocycles. The van der Waals surface area contributed by atoms with Crippen LogP contribution in [0.1, 0.15) is 16.7 Å². The number of halogens is 2. The Morgan fingerprint density at radius 2 is 1.84 bits per heavy atom. The first-order valence-electron chi connectivity index (χ1n) is 5.91. The molecule has 2 nitrogen and oxygen atoms in total. The van der Waals surface area contributed by atoms with Crippen LogP contribution < -0.4 is 10.5 Å². The van der Waals surface area contributed by atoms with Gasteiger partial charge in [-0.2, -0.15) is 0 Å². The highest BCUT2D eigenvalue weighted by atomic mass is 19.1. The van der Waals surface area contributed by atoms with Crippen molar-refractivity contribution < 1.29 is 13.5 Å². The fraction of sp³-hybridized carbons (Fsp3) is 0.200. The Morgan fingerprint density at radius 3 is 2.58 bits per heavy atom. The van der Waals surface area contributed by atoms with E-state index in [-0.39, 0.29) is 12.2 Å². The van der Waals surface area contributed by atoms with Crippen LogP contribution in [0.4, 0.5) is 14.5 Å². The standard InChI is InChI=1S/C15H15F2NO/c1-9-3-6-14(18)10(2)15(9)19-8-11-7-12(16)4-5-13(11)17/h3-7H,8,18H2,1-2H3. The number of rotatable bonds is 3. The van der Waals surface area contributed by atoms with Gasteiger partial charge < -0.3 is 10.5 Å². The molecule has 0 aliphatic heterocycles. The summed E-state index contributed by atoms with van der Waals surface area (Å²) in [6.07, 6.45) is 0. The fourth-order valence-electron chi connectivity index (χ4n) is 1.87. The van der Waals surface area contributed by atoms with E-state index in [4.69, 9.17) is 10.5 Å². The summed E-state index contributed by atoms with van der Waals surface area (Å²) in [6, 6.07) is 6.93. The first-order chi connectivity index (χ1) is 8.99. The monoisotopic (exact) mass is 263 g/mol. The van der Waals surface area contributed by atoms with Gasteiger partial charge in [0.15, 0.2) is 0 Å². The smallest absolute Gasteiger partial charge is 0.130 e. The second-order valence-electron chi connectivity index (χ2n) is 4.45. The van der Waals surface area contributed by atoms with Gasteiger partial charge in [0.25, 0.3) is 0 Å². The van der Waals surface area contributed by atoms with Crippen molar-refractivity contribution in [2.75, 3.05) is 5.73 Å². The van der Waals surface area contributed by atoms with Crippen LogP contribution in [0.5, 0.6) is 5.75 Å². The number of anilines is 1. The van der Waals surface area contributed by atoms with Crippen molar-refractivity contribution in [2.24, 2.45) is 0 Å². The van der Waals surface area contributed by atoms with E-state index in [1.54, 1.807) is 6.07 Å². The molecule has 0 unspecified atom stereocenters. The first kappa shape index (κ1) is 13.3. The molecular weight excluding hydrogens is 248 g/mol. The largest absolute Gasteiger partial charge is 0.488 e. The van der Waals surface area contributed by atoms with Crippen molar-refractivity contribution >= 4 is 5.69 Å². The maximum Gasteiger partial charge on any atom is 0.130 e. The predicted octanol–water partition coefficient (Wildman–Crippen LogP) is 3.74. The summed E-state index contributed by atoms with van der Waals surface area (Å²) in [5.74, 6) is -0.356. The van der Waals surface area contributed by atoms with Crippen LogP contribution in [0.3, 0.4) is 0 Å². The Balaban J connectivity index is 2.24. The van der Waals surface area contributed by atoms with Crippen LogP contribution >= 0.6 is 0 Å². The van der Waals surface area contributed by atoms with Crippen molar-refractivity contribution in [2.45, 2.75) is 20.5 Å². The predicted molar refractivity (Wildman–Crippen MR) is 71.0 cm³/mol. The van der Waals surface area contributed by atoms with E-state index in [9.17, 15) is 8.78 Å². The van der Waals surface area contributed by atoms with E-state index in [2.05, 4.69) is 0 Å². The minimum Gasteiger partial charge on any atom is -0.488 e. The zero-order chi connectivity index (χ0) is 14.0. The lowest BCUT2D eigenvalue weighted by molar-refractivity contribution is 0.295. The molecule has 0 heterocycles. The van der Waals surface area contributed by atoms with Crippen LogP contribution in [0.25, 0.3) is 0 Å². The Morgan fingerprint density at radius 1 is 1.11 bits per heavy atom. The molecule has 0 saturated heterocycles. The van der Waals surface area contributed by atoms with Crippen LogP contribution in [-0.4, -0.2) is 0 Å². The maximum atomic E-state index is 13.5. The highest BCUT2D eigenvalue weighted by molar-refractivity contribution is 5.56. The second kappa shape index (κ2) is 5.26. The van der Waals surface area contributed by atoms with Crippen molar-refractivity contribution in [1.29, 1.82) is 0 Å². The van der Waals surface area contributed by atoms with Gasteiger partial charge in [0.05, 0.1) is 0 Å². The zero-order valence-electron chi connectivity index (χ0n) is 10.8. The summed E-state index contributed by atoms with van der Waals surface area (Å²) >= 11 is 0. The van der Waals surface area contributed by atoms with Crippen molar-refractivity contribution in [1.82, 2.24) is 0 Å². The van der Waals surface area contributed by atoms with Gasteiger partial charge in [-0.05, 0) is 43.7 Å². The summed E-state index contributed by atoms with van der Waals surface area (Å²) in [5.41, 5.74) is 8.30. The third kappa shape index (κ3) is 2.84. The molecule has 0 spiro atoms. The molecule has 0 aliphatic carbocycles. The minimum atomic E-state index is -0.486. The highest BCUT2D eigenvalue weighted by Gasteiger charge is 2.09. The van der Waals surface area contributed by atoms with Gasteiger partial charge in [-0.25, -0.2) is 8.78 Å². The van der Waals surface area contributed by atoms with E-state index in [1.807, 2.05) is 19.9 Å². The first-order valence-corrected chi connectivity index (χ1v) is 5.91. The van der Waals surface area contributed by atoms with Gasteiger partial charge in [-0.3, -0.25) is 0 Å². The topological polar surface area (TPSA) is 35.2 Å². The maximum absolute atomic E-state index is 13.5. The van der Waals surface area contributed by atoms with E-state index in [0.717, 1.165) is 29.3 Å². The molecule has 2 N–H and O–H groups in total.